The van der Waals surface area contributed by atoms with Gasteiger partial charge in [0.15, 0.2) is 11.5 Å². The predicted molar refractivity (Wildman–Crippen MR) is 72.0 cm³/mol. The second-order valence-electron chi connectivity index (χ2n) is 4.81. The van der Waals surface area contributed by atoms with E-state index in [1.54, 1.807) is 6.07 Å². The van der Waals surface area contributed by atoms with Crippen LogP contribution in [0, 0.1) is 5.92 Å². The Bertz CT molecular complexity index is 478. The molecule has 2 atom stereocenters. The summed E-state index contributed by atoms with van der Waals surface area (Å²) in [5.74, 6) is 0.424. The van der Waals surface area contributed by atoms with Crippen molar-refractivity contribution < 1.29 is 14.6 Å². The third-order valence-electron chi connectivity index (χ3n) is 3.64. The van der Waals surface area contributed by atoms with Crippen LogP contribution in [0.5, 0.6) is 0 Å². The largest absolute Gasteiger partial charge is 0.464 e. The number of nitrogens with zero attached hydrogens (tertiary/aromatic N) is 2. The Kier molecular flexibility index (Phi) is 3.90. The van der Waals surface area contributed by atoms with Crippen LogP contribution in [-0.2, 0) is 4.74 Å². The molecule has 0 radical (unpaired) electrons. The monoisotopic (exact) mass is 265 g/mol. The number of nitrogens with two attached hydrogens (primary N) is 1. The van der Waals surface area contributed by atoms with Crippen molar-refractivity contribution in [2.45, 2.75) is 19.4 Å². The van der Waals surface area contributed by atoms with Gasteiger partial charge < -0.3 is 20.5 Å². The van der Waals surface area contributed by atoms with Gasteiger partial charge in [-0.3, -0.25) is 0 Å². The highest BCUT2D eigenvalue weighted by atomic mass is 16.5. The average molecular weight is 265 g/mol. The molecular weight excluding hydrogens is 246 g/mol. The minimum Gasteiger partial charge on any atom is -0.464 e. The van der Waals surface area contributed by atoms with E-state index in [0.29, 0.717) is 17.4 Å². The quantitative estimate of drug-likeness (QED) is 0.780. The minimum absolute atomic E-state index is 0.0114. The molecule has 0 amide bonds. The van der Waals surface area contributed by atoms with Crippen molar-refractivity contribution in [2.24, 2.45) is 5.92 Å². The Labute approximate surface area is 112 Å². The predicted octanol–water partition coefficient (Wildman–Crippen LogP) is 0.657. The van der Waals surface area contributed by atoms with Crippen LogP contribution in [0.4, 0.5) is 11.5 Å². The maximum absolute atomic E-state index is 11.5. The molecule has 0 aromatic carbocycles. The number of esters is 1. The maximum atomic E-state index is 11.5. The molecule has 104 valence electrons. The molecule has 1 aromatic rings. The van der Waals surface area contributed by atoms with Crippen LogP contribution in [0.3, 0.4) is 0 Å². The zero-order valence-corrected chi connectivity index (χ0v) is 11.2. The maximum Gasteiger partial charge on any atom is 0.356 e. The van der Waals surface area contributed by atoms with E-state index in [1.165, 1.54) is 13.2 Å². The summed E-state index contributed by atoms with van der Waals surface area (Å²) >= 11 is 0. The topological polar surface area (TPSA) is 88.7 Å². The lowest BCUT2D eigenvalue weighted by molar-refractivity contribution is 0.0594. The van der Waals surface area contributed by atoms with E-state index in [1.807, 2.05) is 4.90 Å². The number of aliphatic hydroxyl groups excluding tert-OH is 1. The number of aliphatic hydroxyl groups is 1. The van der Waals surface area contributed by atoms with Gasteiger partial charge in [0.05, 0.1) is 25.4 Å². The number of carbonyl (C=O) groups excluding carboxylic acids is 1. The van der Waals surface area contributed by atoms with E-state index in [-0.39, 0.29) is 18.3 Å². The molecule has 1 aliphatic rings. The number of aromatic nitrogens is 1. The third kappa shape index (κ3) is 2.49. The van der Waals surface area contributed by atoms with E-state index in [0.717, 1.165) is 13.0 Å². The van der Waals surface area contributed by atoms with Crippen molar-refractivity contribution in [1.82, 2.24) is 4.98 Å². The van der Waals surface area contributed by atoms with Crippen molar-refractivity contribution in [1.29, 1.82) is 0 Å². The van der Waals surface area contributed by atoms with Crippen molar-refractivity contribution in [3.05, 3.63) is 17.8 Å². The molecule has 3 N–H and O–H groups in total. The zero-order chi connectivity index (χ0) is 14.0. The summed E-state index contributed by atoms with van der Waals surface area (Å²) in [4.78, 5) is 17.8. The van der Waals surface area contributed by atoms with Crippen LogP contribution in [0.2, 0.25) is 0 Å². The highest BCUT2D eigenvalue weighted by molar-refractivity contribution is 5.88. The number of rotatable bonds is 3. The van der Waals surface area contributed by atoms with Crippen LogP contribution in [0.15, 0.2) is 12.1 Å². The zero-order valence-electron chi connectivity index (χ0n) is 11.2. The van der Waals surface area contributed by atoms with E-state index in [9.17, 15) is 9.90 Å². The van der Waals surface area contributed by atoms with E-state index in [4.69, 9.17) is 5.73 Å². The number of hydrogen-bond acceptors (Lipinski definition) is 6. The lowest BCUT2D eigenvalue weighted by Crippen LogP contribution is -2.36. The van der Waals surface area contributed by atoms with Crippen molar-refractivity contribution >= 4 is 17.5 Å². The van der Waals surface area contributed by atoms with E-state index < -0.39 is 5.97 Å². The molecular formula is C13H19N3O3. The Morgan fingerprint density at radius 1 is 1.63 bits per heavy atom. The molecule has 0 spiro atoms. The molecule has 2 unspecified atom stereocenters. The fourth-order valence-electron chi connectivity index (χ4n) is 2.46. The Balaban J connectivity index is 2.36. The van der Waals surface area contributed by atoms with Gasteiger partial charge >= 0.3 is 5.97 Å². The summed E-state index contributed by atoms with van der Waals surface area (Å²) in [6.07, 6.45) is 0.967. The first-order valence-electron chi connectivity index (χ1n) is 6.30. The normalized spacial score (nSPS) is 22.6. The Morgan fingerprint density at radius 3 is 3.00 bits per heavy atom. The van der Waals surface area contributed by atoms with Crippen LogP contribution in [0.1, 0.15) is 23.8 Å². The number of anilines is 2. The van der Waals surface area contributed by atoms with Crippen LogP contribution in [-0.4, -0.2) is 42.4 Å². The molecule has 0 bridgehead atoms. The number of hydrogen-bond donors (Lipinski definition) is 2. The SMILES string of the molecule is COC(=O)c1ccc(N)c(N2CCC(C)C2CO)n1. The first-order chi connectivity index (χ1) is 9.08. The first-order valence-corrected chi connectivity index (χ1v) is 6.30. The molecule has 0 saturated carbocycles. The summed E-state index contributed by atoms with van der Waals surface area (Å²) in [5, 5.41) is 9.48. The van der Waals surface area contributed by atoms with Gasteiger partial charge in [-0.15, -0.1) is 0 Å². The highest BCUT2D eigenvalue weighted by Crippen LogP contribution is 2.31. The van der Waals surface area contributed by atoms with E-state index >= 15 is 0 Å². The van der Waals surface area contributed by atoms with Crippen molar-refractivity contribution in [2.75, 3.05) is 30.9 Å². The van der Waals surface area contributed by atoms with Crippen LogP contribution in [0.25, 0.3) is 0 Å². The molecule has 1 fully saturated rings. The molecule has 2 heterocycles. The van der Waals surface area contributed by atoms with Gasteiger partial charge in [-0.05, 0) is 24.5 Å². The van der Waals surface area contributed by atoms with Gasteiger partial charge in [0.2, 0.25) is 0 Å². The lowest BCUT2D eigenvalue weighted by atomic mass is 10.0. The van der Waals surface area contributed by atoms with Gasteiger partial charge in [0, 0.05) is 6.54 Å². The summed E-state index contributed by atoms with van der Waals surface area (Å²) in [6, 6.07) is 3.17. The number of ether oxygens (including phenoxy) is 1. The molecule has 19 heavy (non-hydrogen) atoms. The van der Waals surface area contributed by atoms with E-state index in [2.05, 4.69) is 16.6 Å². The van der Waals surface area contributed by atoms with Gasteiger partial charge in [0.1, 0.15) is 0 Å². The smallest absolute Gasteiger partial charge is 0.356 e. The van der Waals surface area contributed by atoms with Gasteiger partial charge in [-0.2, -0.15) is 0 Å². The summed E-state index contributed by atoms with van der Waals surface area (Å²) < 4.78 is 4.66. The standard InChI is InChI=1S/C13H19N3O3/c1-8-5-6-16(11(8)7-17)12-9(14)3-4-10(15-12)13(18)19-2/h3-4,8,11,17H,5-7,14H2,1-2H3. The molecule has 1 aromatic heterocycles. The minimum atomic E-state index is -0.492. The molecule has 6 nitrogen and oxygen atoms in total. The molecule has 0 aliphatic carbocycles. The number of methoxy groups -OCH3 is 1. The second-order valence-corrected chi connectivity index (χ2v) is 4.81. The summed E-state index contributed by atoms with van der Waals surface area (Å²) in [6.45, 7) is 2.90. The fourth-order valence-corrected chi connectivity index (χ4v) is 2.46. The Hall–Kier alpha value is -1.82. The first kappa shape index (κ1) is 13.6. The Morgan fingerprint density at radius 2 is 2.37 bits per heavy atom. The number of pyridine rings is 1. The highest BCUT2D eigenvalue weighted by Gasteiger charge is 2.32. The molecule has 1 aliphatic heterocycles. The fraction of sp³-hybridized carbons (Fsp3) is 0.538. The number of nitrogen functional groups attached to an aromatic ring is 1. The third-order valence-corrected chi connectivity index (χ3v) is 3.64. The number of carbonyl (C=O) groups is 1. The van der Waals surface area contributed by atoms with Crippen molar-refractivity contribution in [3.8, 4) is 0 Å². The van der Waals surface area contributed by atoms with Gasteiger partial charge in [0.25, 0.3) is 0 Å². The summed E-state index contributed by atoms with van der Waals surface area (Å²) in [7, 11) is 1.31. The van der Waals surface area contributed by atoms with Crippen LogP contribution < -0.4 is 10.6 Å². The molecule has 1 saturated heterocycles. The average Bonchev–Trinajstić information content (AvgIpc) is 2.79. The van der Waals surface area contributed by atoms with Crippen LogP contribution >= 0.6 is 0 Å². The molecule has 6 heteroatoms. The van der Waals surface area contributed by atoms with Crippen molar-refractivity contribution in [3.63, 3.8) is 0 Å². The van der Waals surface area contributed by atoms with Gasteiger partial charge in [-0.1, -0.05) is 6.92 Å². The second kappa shape index (κ2) is 5.44. The van der Waals surface area contributed by atoms with Gasteiger partial charge in [-0.25, -0.2) is 9.78 Å². The summed E-state index contributed by atoms with van der Waals surface area (Å²) in [5.41, 5.74) is 6.66. The lowest BCUT2D eigenvalue weighted by Gasteiger charge is -2.27. The molecule has 2 rings (SSSR count).